The summed E-state index contributed by atoms with van der Waals surface area (Å²) in [7, 11) is -0.823. The van der Waals surface area contributed by atoms with E-state index in [4.69, 9.17) is 14.2 Å². The zero-order chi connectivity index (χ0) is 26.0. The lowest BCUT2D eigenvalue weighted by molar-refractivity contribution is 0.103. The quantitative estimate of drug-likeness (QED) is 0.412. The standard InChI is InChI=1S/C22H27FN8O5S/c1-34-20-18(21(35-2)27-13-26-20)31-17(28-29-19(31)16-6-4-8-36-16)12-37(32,33)15-5-3-7-30(11-15)22-24-9-14(23)10-25-22/h9-10,13,15-16H,3-8,11-12H2,1-2H3/t15-,16-/m1/s1. The molecule has 0 unspecified atom stereocenters. The van der Waals surface area contributed by atoms with Gasteiger partial charge in [-0.3, -0.25) is 4.57 Å². The average Bonchev–Trinajstić information content (AvgIpc) is 3.58. The minimum absolute atomic E-state index is 0.173. The highest BCUT2D eigenvalue weighted by atomic mass is 32.2. The van der Waals surface area contributed by atoms with Crippen molar-refractivity contribution < 1.29 is 27.0 Å². The summed E-state index contributed by atoms with van der Waals surface area (Å²) in [6.45, 7) is 1.32. The first-order valence-corrected chi connectivity index (χ1v) is 13.6. The Morgan fingerprint density at radius 3 is 2.43 bits per heavy atom. The van der Waals surface area contributed by atoms with E-state index in [0.717, 1.165) is 18.8 Å². The van der Waals surface area contributed by atoms with E-state index < -0.39 is 26.7 Å². The molecule has 2 aliphatic rings. The van der Waals surface area contributed by atoms with Gasteiger partial charge in [-0.25, -0.2) is 22.8 Å². The van der Waals surface area contributed by atoms with E-state index in [1.165, 1.54) is 20.5 Å². The smallest absolute Gasteiger partial charge is 0.245 e. The minimum Gasteiger partial charge on any atom is -0.479 e. The van der Waals surface area contributed by atoms with Crippen molar-refractivity contribution in [1.82, 2.24) is 34.7 Å². The van der Waals surface area contributed by atoms with Crippen molar-refractivity contribution in [3.8, 4) is 17.4 Å². The maximum atomic E-state index is 13.7. The third kappa shape index (κ3) is 5.05. The maximum absolute atomic E-state index is 13.7. The van der Waals surface area contributed by atoms with Gasteiger partial charge in [0.15, 0.2) is 33.0 Å². The molecule has 0 amide bonds. The average molecular weight is 535 g/mol. The minimum atomic E-state index is -3.72. The van der Waals surface area contributed by atoms with Gasteiger partial charge < -0.3 is 19.1 Å². The van der Waals surface area contributed by atoms with Crippen molar-refractivity contribution >= 4 is 15.8 Å². The molecule has 0 bridgehead atoms. The van der Waals surface area contributed by atoms with Crippen molar-refractivity contribution in [3.63, 3.8) is 0 Å². The lowest BCUT2D eigenvalue weighted by atomic mass is 10.1. The molecule has 3 aromatic heterocycles. The Balaban J connectivity index is 1.50. The second-order valence-corrected chi connectivity index (χ2v) is 11.1. The number of aromatic nitrogens is 7. The Hall–Kier alpha value is -3.46. The zero-order valence-electron chi connectivity index (χ0n) is 20.4. The van der Waals surface area contributed by atoms with Crippen LogP contribution in [0.4, 0.5) is 10.3 Å². The molecule has 5 rings (SSSR count). The van der Waals surface area contributed by atoms with Crippen LogP contribution in [0.2, 0.25) is 0 Å². The number of ether oxygens (including phenoxy) is 3. The topological polar surface area (TPSA) is 147 Å². The van der Waals surface area contributed by atoms with E-state index in [2.05, 4.69) is 30.1 Å². The second-order valence-electron chi connectivity index (χ2n) is 8.77. The number of sulfone groups is 1. The molecule has 37 heavy (non-hydrogen) atoms. The fourth-order valence-electron chi connectivity index (χ4n) is 4.67. The highest BCUT2D eigenvalue weighted by molar-refractivity contribution is 7.91. The van der Waals surface area contributed by atoms with Crippen molar-refractivity contribution in [2.75, 3.05) is 38.8 Å². The van der Waals surface area contributed by atoms with Gasteiger partial charge in [-0.05, 0) is 25.7 Å². The maximum Gasteiger partial charge on any atom is 0.245 e. The number of piperidine rings is 1. The predicted octanol–water partition coefficient (Wildman–Crippen LogP) is 1.44. The van der Waals surface area contributed by atoms with Crippen molar-refractivity contribution in [3.05, 3.63) is 36.2 Å². The molecule has 198 valence electrons. The van der Waals surface area contributed by atoms with Gasteiger partial charge in [0.05, 0.1) is 31.9 Å². The first kappa shape index (κ1) is 25.2. The lowest BCUT2D eigenvalue weighted by Crippen LogP contribution is -2.43. The number of nitrogens with zero attached hydrogens (tertiary/aromatic N) is 8. The molecule has 2 saturated heterocycles. The molecular formula is C22H27FN8O5S. The third-order valence-corrected chi connectivity index (χ3v) is 8.51. The van der Waals surface area contributed by atoms with Crippen LogP contribution < -0.4 is 14.4 Å². The van der Waals surface area contributed by atoms with Crippen molar-refractivity contribution in [2.45, 2.75) is 42.8 Å². The van der Waals surface area contributed by atoms with Crippen molar-refractivity contribution in [2.24, 2.45) is 0 Å². The number of anilines is 1. The second kappa shape index (κ2) is 10.5. The summed E-state index contributed by atoms with van der Waals surface area (Å²) >= 11 is 0. The van der Waals surface area contributed by atoms with Crippen molar-refractivity contribution in [1.29, 1.82) is 0 Å². The van der Waals surface area contributed by atoms with Crippen LogP contribution in [-0.4, -0.2) is 82.3 Å². The Bertz CT molecular complexity index is 1330. The third-order valence-electron chi connectivity index (χ3n) is 6.44. The molecule has 0 radical (unpaired) electrons. The van der Waals surface area contributed by atoms with E-state index >= 15 is 0 Å². The zero-order valence-corrected chi connectivity index (χ0v) is 21.3. The summed E-state index contributed by atoms with van der Waals surface area (Å²) < 4.78 is 59.0. The number of halogens is 1. The largest absolute Gasteiger partial charge is 0.479 e. The first-order valence-electron chi connectivity index (χ1n) is 11.8. The van der Waals surface area contributed by atoms with Crippen LogP contribution in [0.1, 0.15) is 43.4 Å². The first-order chi connectivity index (χ1) is 17.9. The summed E-state index contributed by atoms with van der Waals surface area (Å²) in [5.74, 6) is 0.314. The predicted molar refractivity (Wildman–Crippen MR) is 128 cm³/mol. The van der Waals surface area contributed by atoms with Gasteiger partial charge in [0.25, 0.3) is 0 Å². The van der Waals surface area contributed by atoms with Gasteiger partial charge in [-0.15, -0.1) is 10.2 Å². The molecule has 2 aliphatic heterocycles. The summed E-state index contributed by atoms with van der Waals surface area (Å²) in [5, 5.41) is 7.87. The number of rotatable bonds is 8. The van der Waals surface area contributed by atoms with Gasteiger partial charge in [0.2, 0.25) is 17.7 Å². The molecule has 5 heterocycles. The summed E-state index contributed by atoms with van der Waals surface area (Å²) in [6, 6.07) is 0. The van der Waals surface area contributed by atoms with Gasteiger partial charge in [-0.2, -0.15) is 9.97 Å². The lowest BCUT2D eigenvalue weighted by Gasteiger charge is -2.32. The van der Waals surface area contributed by atoms with Crippen LogP contribution in [0, 0.1) is 5.82 Å². The van der Waals surface area contributed by atoms with E-state index in [1.807, 2.05) is 0 Å². The van der Waals surface area contributed by atoms with Crippen LogP contribution >= 0.6 is 0 Å². The van der Waals surface area contributed by atoms with Gasteiger partial charge in [-0.1, -0.05) is 0 Å². The molecule has 0 spiro atoms. The normalized spacial score (nSPS) is 20.2. The fourth-order valence-corrected chi connectivity index (χ4v) is 6.39. The molecule has 0 aliphatic carbocycles. The number of hydrogen-bond acceptors (Lipinski definition) is 12. The van der Waals surface area contributed by atoms with Gasteiger partial charge in [0.1, 0.15) is 18.2 Å². The van der Waals surface area contributed by atoms with Crippen LogP contribution in [-0.2, 0) is 20.3 Å². The number of hydrogen-bond donors (Lipinski definition) is 0. The van der Waals surface area contributed by atoms with E-state index in [0.29, 0.717) is 49.9 Å². The summed E-state index contributed by atoms with van der Waals surface area (Å²) in [4.78, 5) is 18.1. The Labute approximate surface area is 213 Å². The molecule has 15 heteroatoms. The highest BCUT2D eigenvalue weighted by Crippen LogP contribution is 2.36. The summed E-state index contributed by atoms with van der Waals surface area (Å²) in [5.41, 5.74) is 0.304. The fraction of sp³-hybridized carbons (Fsp3) is 0.545. The monoisotopic (exact) mass is 534 g/mol. The highest BCUT2D eigenvalue weighted by Gasteiger charge is 2.36. The molecule has 0 N–H and O–H groups in total. The van der Waals surface area contributed by atoms with E-state index in [1.54, 1.807) is 9.47 Å². The van der Waals surface area contributed by atoms with E-state index in [9.17, 15) is 12.8 Å². The van der Waals surface area contributed by atoms with Gasteiger partial charge in [0, 0.05) is 19.7 Å². The van der Waals surface area contributed by atoms with Crippen LogP contribution in [0.25, 0.3) is 5.69 Å². The SMILES string of the molecule is COc1ncnc(OC)c1-n1c(CS(=O)(=O)[C@@H]2CCCN(c3ncc(F)cn3)C2)nnc1[C@H]1CCCO1. The molecule has 0 aromatic carbocycles. The molecule has 2 fully saturated rings. The Kier molecular flexibility index (Phi) is 7.15. The molecule has 2 atom stereocenters. The molecule has 0 saturated carbocycles. The van der Waals surface area contributed by atoms with E-state index in [-0.39, 0.29) is 30.2 Å². The summed E-state index contributed by atoms with van der Waals surface area (Å²) in [6.07, 6.45) is 5.69. The molecule has 13 nitrogen and oxygen atoms in total. The van der Waals surface area contributed by atoms with Crippen LogP contribution in [0.5, 0.6) is 11.8 Å². The van der Waals surface area contributed by atoms with Crippen LogP contribution in [0.15, 0.2) is 18.7 Å². The number of methoxy groups -OCH3 is 2. The Morgan fingerprint density at radius 1 is 1.05 bits per heavy atom. The van der Waals surface area contributed by atoms with Crippen LogP contribution in [0.3, 0.4) is 0 Å². The molecular weight excluding hydrogens is 507 g/mol. The van der Waals surface area contributed by atoms with Gasteiger partial charge >= 0.3 is 0 Å². The Morgan fingerprint density at radius 2 is 1.78 bits per heavy atom. The molecule has 3 aromatic rings.